The first-order valence-electron chi connectivity index (χ1n) is 16.7. The van der Waals surface area contributed by atoms with E-state index >= 15 is 0 Å². The quantitative estimate of drug-likeness (QED) is 0.152. The van der Waals surface area contributed by atoms with Gasteiger partial charge in [0.1, 0.15) is 12.6 Å². The third-order valence-corrected chi connectivity index (χ3v) is 11.2. The number of anilines is 1. The second-order valence-electron chi connectivity index (χ2n) is 12.8. The minimum atomic E-state index is -4.15. The highest BCUT2D eigenvalue weighted by Crippen LogP contribution is 2.27. The zero-order valence-electron chi connectivity index (χ0n) is 27.6. The van der Waals surface area contributed by atoms with Gasteiger partial charge in [-0.2, -0.15) is 0 Å². The fraction of sp³-hybridized carbons (Fsp3) is 0.333. The summed E-state index contributed by atoms with van der Waals surface area (Å²) in [4.78, 5) is 30.6. The van der Waals surface area contributed by atoms with Gasteiger partial charge in [-0.25, -0.2) is 8.42 Å². The molecule has 1 saturated carbocycles. The molecule has 7 nitrogen and oxygen atoms in total. The van der Waals surface area contributed by atoms with Gasteiger partial charge in [0, 0.05) is 23.5 Å². The number of nitrogens with zero attached hydrogens (tertiary/aromatic N) is 2. The Bertz CT molecular complexity index is 1760. The van der Waals surface area contributed by atoms with Crippen LogP contribution in [0.5, 0.6) is 0 Å². The lowest BCUT2D eigenvalue weighted by molar-refractivity contribution is -0.140. The fourth-order valence-electron chi connectivity index (χ4n) is 6.20. The molecular weight excluding hydrogens is 686 g/mol. The lowest BCUT2D eigenvalue weighted by Crippen LogP contribution is -2.55. The molecule has 4 aromatic carbocycles. The standard InChI is InChI=1S/C39H44BrN3O4S/c1-29(2)32-21-23-35(24-22-32)43(48(46,47)36-19-10-5-11-20-36)28-38(44)42(27-31-15-12-16-33(40)25-31)37(26-30-13-6-3-7-14-30)39(45)41-34-17-8-4-9-18-34/h3,5-7,10-16,19-25,29,34,37H,4,8-9,17-18,26-28H2,1-2H3,(H,41,45)/t37-/m0/s1. The molecule has 9 heteroatoms. The van der Waals surface area contributed by atoms with Gasteiger partial charge < -0.3 is 10.2 Å². The van der Waals surface area contributed by atoms with E-state index < -0.39 is 28.5 Å². The molecule has 0 aliphatic heterocycles. The van der Waals surface area contributed by atoms with Crippen molar-refractivity contribution in [3.8, 4) is 0 Å². The molecular formula is C39H44BrN3O4S. The van der Waals surface area contributed by atoms with Crippen LogP contribution in [0.15, 0.2) is 119 Å². The molecule has 1 aliphatic carbocycles. The highest BCUT2D eigenvalue weighted by molar-refractivity contribution is 9.10. The minimum absolute atomic E-state index is 0.0433. The van der Waals surface area contributed by atoms with Crippen molar-refractivity contribution < 1.29 is 18.0 Å². The van der Waals surface area contributed by atoms with Gasteiger partial charge in [0.15, 0.2) is 0 Å². The van der Waals surface area contributed by atoms with E-state index in [9.17, 15) is 18.0 Å². The number of hydrogen-bond donors (Lipinski definition) is 1. The van der Waals surface area contributed by atoms with E-state index in [0.717, 1.165) is 53.3 Å². The van der Waals surface area contributed by atoms with Crippen LogP contribution in [-0.4, -0.2) is 43.8 Å². The first-order chi connectivity index (χ1) is 23.1. The Labute approximate surface area is 293 Å². The van der Waals surface area contributed by atoms with Gasteiger partial charge in [-0.05, 0) is 71.8 Å². The summed E-state index contributed by atoms with van der Waals surface area (Å²) in [6, 6.07) is 31.9. The molecule has 0 aromatic heterocycles. The van der Waals surface area contributed by atoms with Crippen molar-refractivity contribution in [3.05, 3.63) is 130 Å². The minimum Gasteiger partial charge on any atom is -0.352 e. The van der Waals surface area contributed by atoms with Crippen LogP contribution in [0.25, 0.3) is 0 Å². The molecule has 1 N–H and O–H groups in total. The molecule has 0 bridgehead atoms. The van der Waals surface area contributed by atoms with Crippen LogP contribution in [0.4, 0.5) is 5.69 Å². The summed E-state index contributed by atoms with van der Waals surface area (Å²) in [7, 11) is -4.15. The maximum absolute atomic E-state index is 14.7. The van der Waals surface area contributed by atoms with Crippen molar-refractivity contribution in [2.75, 3.05) is 10.8 Å². The number of nitrogens with one attached hydrogen (secondary N) is 1. The third-order valence-electron chi connectivity index (χ3n) is 8.92. The maximum atomic E-state index is 14.7. The molecule has 0 unspecified atom stereocenters. The predicted molar refractivity (Wildman–Crippen MR) is 195 cm³/mol. The first-order valence-corrected chi connectivity index (χ1v) is 18.9. The van der Waals surface area contributed by atoms with E-state index in [-0.39, 0.29) is 35.7 Å². The Kier molecular flexibility index (Phi) is 12.1. The number of halogens is 1. The van der Waals surface area contributed by atoms with E-state index in [4.69, 9.17) is 0 Å². The Hall–Kier alpha value is -3.95. The van der Waals surface area contributed by atoms with E-state index in [1.165, 1.54) is 16.4 Å². The van der Waals surface area contributed by atoms with Crippen LogP contribution in [0, 0.1) is 0 Å². The summed E-state index contributed by atoms with van der Waals surface area (Å²) in [5.41, 5.74) is 3.16. The molecule has 4 aromatic rings. The Balaban J connectivity index is 1.56. The summed E-state index contributed by atoms with van der Waals surface area (Å²) in [6.07, 6.45) is 5.34. The van der Waals surface area contributed by atoms with E-state index in [0.29, 0.717) is 5.69 Å². The average Bonchev–Trinajstić information content (AvgIpc) is 3.10. The van der Waals surface area contributed by atoms with Crippen molar-refractivity contribution in [1.29, 1.82) is 0 Å². The smallest absolute Gasteiger partial charge is 0.264 e. The molecule has 5 rings (SSSR count). The number of hydrogen-bond acceptors (Lipinski definition) is 4. The van der Waals surface area contributed by atoms with Gasteiger partial charge in [-0.1, -0.05) is 122 Å². The fourth-order valence-corrected chi connectivity index (χ4v) is 8.09. The second kappa shape index (κ2) is 16.4. The maximum Gasteiger partial charge on any atom is 0.264 e. The summed E-state index contributed by atoms with van der Waals surface area (Å²) in [5, 5.41) is 3.26. The van der Waals surface area contributed by atoms with Crippen LogP contribution >= 0.6 is 15.9 Å². The van der Waals surface area contributed by atoms with Gasteiger partial charge in [0.05, 0.1) is 10.6 Å². The summed E-state index contributed by atoms with van der Waals surface area (Å²) >= 11 is 3.54. The van der Waals surface area contributed by atoms with Crippen LogP contribution in [0.2, 0.25) is 0 Å². The number of rotatable bonds is 13. The zero-order valence-corrected chi connectivity index (χ0v) is 30.0. The van der Waals surface area contributed by atoms with Crippen LogP contribution in [0.3, 0.4) is 0 Å². The lowest BCUT2D eigenvalue weighted by atomic mass is 9.94. The van der Waals surface area contributed by atoms with Crippen LogP contribution in [-0.2, 0) is 32.6 Å². The van der Waals surface area contributed by atoms with Gasteiger partial charge in [-0.15, -0.1) is 0 Å². The molecule has 1 fully saturated rings. The van der Waals surface area contributed by atoms with E-state index in [1.807, 2.05) is 66.7 Å². The molecule has 252 valence electrons. The molecule has 0 radical (unpaired) electrons. The van der Waals surface area contributed by atoms with Crippen molar-refractivity contribution in [3.63, 3.8) is 0 Å². The number of benzene rings is 4. The average molecular weight is 731 g/mol. The zero-order chi connectivity index (χ0) is 34.1. The molecule has 1 atom stereocenters. The Morgan fingerprint density at radius 1 is 0.812 bits per heavy atom. The number of carbonyl (C=O) groups is 2. The van der Waals surface area contributed by atoms with Crippen molar-refractivity contribution in [1.82, 2.24) is 10.2 Å². The van der Waals surface area contributed by atoms with Crippen LogP contribution < -0.4 is 9.62 Å². The molecule has 0 heterocycles. The molecule has 0 saturated heterocycles. The monoisotopic (exact) mass is 729 g/mol. The molecule has 0 spiro atoms. The third kappa shape index (κ3) is 9.14. The Morgan fingerprint density at radius 2 is 1.44 bits per heavy atom. The van der Waals surface area contributed by atoms with E-state index in [1.54, 1.807) is 35.2 Å². The van der Waals surface area contributed by atoms with Crippen molar-refractivity contribution in [2.24, 2.45) is 0 Å². The molecule has 1 aliphatic rings. The number of sulfonamides is 1. The predicted octanol–water partition coefficient (Wildman–Crippen LogP) is 7.86. The largest absolute Gasteiger partial charge is 0.352 e. The molecule has 48 heavy (non-hydrogen) atoms. The topological polar surface area (TPSA) is 86.8 Å². The van der Waals surface area contributed by atoms with Gasteiger partial charge in [0.25, 0.3) is 10.0 Å². The van der Waals surface area contributed by atoms with Gasteiger partial charge in [0.2, 0.25) is 11.8 Å². The van der Waals surface area contributed by atoms with Crippen LogP contribution in [0.1, 0.15) is 68.6 Å². The number of amides is 2. The van der Waals surface area contributed by atoms with E-state index in [2.05, 4.69) is 35.1 Å². The summed E-state index contributed by atoms with van der Waals surface area (Å²) in [6.45, 7) is 3.79. The molecule has 2 amide bonds. The van der Waals surface area contributed by atoms with Crippen molar-refractivity contribution in [2.45, 2.75) is 81.8 Å². The van der Waals surface area contributed by atoms with Gasteiger partial charge >= 0.3 is 0 Å². The summed E-state index contributed by atoms with van der Waals surface area (Å²) < 4.78 is 30.5. The normalized spacial score (nSPS) is 14.3. The Morgan fingerprint density at radius 3 is 2.06 bits per heavy atom. The lowest BCUT2D eigenvalue weighted by Gasteiger charge is -2.35. The highest BCUT2D eigenvalue weighted by atomic mass is 79.9. The first kappa shape index (κ1) is 35.4. The SMILES string of the molecule is CC(C)c1ccc(N(CC(=O)N(Cc2cccc(Br)c2)[C@@H](Cc2ccccc2)C(=O)NC2CCCCC2)S(=O)(=O)c2ccccc2)cc1. The summed E-state index contributed by atoms with van der Waals surface area (Å²) in [5.74, 6) is -0.447. The van der Waals surface area contributed by atoms with Crippen molar-refractivity contribution >= 4 is 43.5 Å². The van der Waals surface area contributed by atoms with Gasteiger partial charge in [-0.3, -0.25) is 13.9 Å². The number of carbonyl (C=O) groups excluding carboxylic acids is 2. The highest BCUT2D eigenvalue weighted by Gasteiger charge is 2.35. The second-order valence-corrected chi connectivity index (χ2v) is 15.5.